The molecule has 27 heavy (non-hydrogen) atoms. The lowest BCUT2D eigenvalue weighted by Crippen LogP contribution is -2.35. The first-order valence-electron chi connectivity index (χ1n) is 8.93. The summed E-state index contributed by atoms with van der Waals surface area (Å²) in [7, 11) is 1.56. The van der Waals surface area contributed by atoms with Gasteiger partial charge in [0.1, 0.15) is 5.82 Å². The van der Waals surface area contributed by atoms with E-state index in [1.54, 1.807) is 36.9 Å². The minimum Gasteiger partial charge on any atom is -0.467 e. The Morgan fingerprint density at radius 3 is 2.96 bits per heavy atom. The van der Waals surface area contributed by atoms with E-state index in [1.807, 2.05) is 17.5 Å². The molecule has 0 aliphatic carbocycles. The van der Waals surface area contributed by atoms with Crippen LogP contribution < -0.4 is 10.3 Å². The van der Waals surface area contributed by atoms with Crippen molar-refractivity contribution in [2.24, 2.45) is 0 Å². The minimum atomic E-state index is -0.0934. The first-order valence-corrected chi connectivity index (χ1v) is 9.81. The molecule has 1 aliphatic rings. The van der Waals surface area contributed by atoms with Gasteiger partial charge in [-0.2, -0.15) is 0 Å². The van der Waals surface area contributed by atoms with Crippen LogP contribution in [-0.2, 0) is 6.54 Å². The average molecular weight is 383 g/mol. The zero-order valence-corrected chi connectivity index (χ0v) is 15.9. The fourth-order valence-corrected chi connectivity index (χ4v) is 4.12. The molecule has 0 spiro atoms. The van der Waals surface area contributed by atoms with Crippen LogP contribution in [0.2, 0.25) is 0 Å². The molecule has 1 fully saturated rings. The van der Waals surface area contributed by atoms with Crippen molar-refractivity contribution in [3.8, 4) is 16.6 Å². The zero-order chi connectivity index (χ0) is 18.6. The average Bonchev–Trinajstić information content (AvgIpc) is 3.23. The number of hydrogen-bond acceptors (Lipinski definition) is 7. The third-order valence-electron chi connectivity index (χ3n) is 4.70. The van der Waals surface area contributed by atoms with E-state index in [0.29, 0.717) is 6.01 Å². The van der Waals surface area contributed by atoms with Crippen LogP contribution in [0.5, 0.6) is 6.01 Å². The SMILES string of the molecule is COc1ncc(CN2CCC[C@H](c3nc(-c4cccs4)cc(=O)[nH]3)C2)cn1. The molecular formula is C19H21N5O2S. The molecule has 0 amide bonds. The van der Waals surface area contributed by atoms with Gasteiger partial charge in [0.05, 0.1) is 17.7 Å². The lowest BCUT2D eigenvalue weighted by atomic mass is 9.96. The maximum Gasteiger partial charge on any atom is 0.316 e. The highest BCUT2D eigenvalue weighted by Crippen LogP contribution is 2.27. The van der Waals surface area contributed by atoms with Crippen molar-refractivity contribution in [1.82, 2.24) is 24.8 Å². The van der Waals surface area contributed by atoms with E-state index in [0.717, 1.165) is 54.4 Å². The van der Waals surface area contributed by atoms with Crippen molar-refractivity contribution >= 4 is 11.3 Å². The maximum absolute atomic E-state index is 12.1. The summed E-state index contributed by atoms with van der Waals surface area (Å²) in [5, 5.41) is 2.00. The maximum atomic E-state index is 12.1. The van der Waals surface area contributed by atoms with E-state index in [2.05, 4.69) is 19.9 Å². The largest absolute Gasteiger partial charge is 0.467 e. The fraction of sp³-hybridized carbons (Fsp3) is 0.368. The van der Waals surface area contributed by atoms with Crippen molar-refractivity contribution in [2.45, 2.75) is 25.3 Å². The van der Waals surface area contributed by atoms with E-state index in [1.165, 1.54) is 0 Å². The molecule has 0 radical (unpaired) electrons. The quantitative estimate of drug-likeness (QED) is 0.729. The van der Waals surface area contributed by atoms with Crippen LogP contribution in [0.3, 0.4) is 0 Å². The Morgan fingerprint density at radius 1 is 1.37 bits per heavy atom. The van der Waals surface area contributed by atoms with Gasteiger partial charge in [0.25, 0.3) is 5.56 Å². The second-order valence-corrected chi connectivity index (χ2v) is 7.59. The summed E-state index contributed by atoms with van der Waals surface area (Å²) >= 11 is 1.60. The highest BCUT2D eigenvalue weighted by atomic mass is 32.1. The molecule has 0 aromatic carbocycles. The summed E-state index contributed by atoms with van der Waals surface area (Å²) in [4.78, 5) is 31.6. The van der Waals surface area contributed by atoms with Gasteiger partial charge in [-0.3, -0.25) is 9.69 Å². The number of H-pyrrole nitrogens is 1. The van der Waals surface area contributed by atoms with Crippen LogP contribution in [0.4, 0.5) is 0 Å². The second-order valence-electron chi connectivity index (χ2n) is 6.65. The third-order valence-corrected chi connectivity index (χ3v) is 5.59. The Bertz CT molecular complexity index is 939. The normalized spacial score (nSPS) is 17.7. The molecule has 0 saturated carbocycles. The number of aromatic nitrogens is 4. The van der Waals surface area contributed by atoms with Gasteiger partial charge in [-0.1, -0.05) is 6.07 Å². The highest BCUT2D eigenvalue weighted by Gasteiger charge is 2.24. The molecule has 1 saturated heterocycles. The van der Waals surface area contributed by atoms with Crippen LogP contribution in [0.15, 0.2) is 40.8 Å². The zero-order valence-electron chi connectivity index (χ0n) is 15.1. The standard InChI is InChI=1S/C19H21N5O2S/c1-26-19-20-9-13(10-21-19)11-24-6-2-4-14(12-24)18-22-15(8-17(25)23-18)16-5-3-7-27-16/h3,5,7-10,14H,2,4,6,11-12H2,1H3,(H,22,23,25)/t14-/m0/s1. The van der Waals surface area contributed by atoms with Crippen molar-refractivity contribution in [3.63, 3.8) is 0 Å². The first-order chi connectivity index (χ1) is 13.2. The predicted octanol–water partition coefficient (Wildman–Crippen LogP) is 2.68. The number of hydrogen-bond donors (Lipinski definition) is 1. The van der Waals surface area contributed by atoms with E-state index in [-0.39, 0.29) is 11.5 Å². The first kappa shape index (κ1) is 17.8. The van der Waals surface area contributed by atoms with Crippen molar-refractivity contribution in [2.75, 3.05) is 20.2 Å². The van der Waals surface area contributed by atoms with Crippen molar-refractivity contribution in [1.29, 1.82) is 0 Å². The molecule has 0 unspecified atom stereocenters. The summed E-state index contributed by atoms with van der Waals surface area (Å²) < 4.78 is 5.01. The Kier molecular flexibility index (Phi) is 5.26. The molecular weight excluding hydrogens is 362 g/mol. The molecule has 1 atom stereocenters. The molecule has 4 heterocycles. The van der Waals surface area contributed by atoms with E-state index in [9.17, 15) is 4.79 Å². The Morgan fingerprint density at radius 2 is 2.22 bits per heavy atom. The van der Waals surface area contributed by atoms with Crippen LogP contribution in [0.1, 0.15) is 30.1 Å². The van der Waals surface area contributed by atoms with E-state index in [4.69, 9.17) is 9.72 Å². The Labute approximate surface area is 161 Å². The van der Waals surface area contributed by atoms with Gasteiger partial charge in [0.2, 0.25) is 0 Å². The van der Waals surface area contributed by atoms with E-state index >= 15 is 0 Å². The second kappa shape index (κ2) is 7.98. The van der Waals surface area contributed by atoms with Gasteiger partial charge in [-0.05, 0) is 30.8 Å². The van der Waals surface area contributed by atoms with Gasteiger partial charge in [-0.25, -0.2) is 15.0 Å². The molecule has 3 aromatic heterocycles. The highest BCUT2D eigenvalue weighted by molar-refractivity contribution is 7.13. The van der Waals surface area contributed by atoms with E-state index < -0.39 is 0 Å². The predicted molar refractivity (Wildman–Crippen MR) is 104 cm³/mol. The lowest BCUT2D eigenvalue weighted by Gasteiger charge is -2.32. The third kappa shape index (κ3) is 4.23. The number of aromatic amines is 1. The Hall–Kier alpha value is -2.58. The van der Waals surface area contributed by atoms with Crippen LogP contribution >= 0.6 is 11.3 Å². The number of thiophene rings is 1. The lowest BCUT2D eigenvalue weighted by molar-refractivity contribution is 0.196. The molecule has 1 aliphatic heterocycles. The number of rotatable bonds is 5. The molecule has 1 N–H and O–H groups in total. The minimum absolute atomic E-state index is 0.0934. The summed E-state index contributed by atoms with van der Waals surface area (Å²) in [6, 6.07) is 5.92. The van der Waals surface area contributed by atoms with Gasteiger partial charge >= 0.3 is 6.01 Å². The topological polar surface area (TPSA) is 84.0 Å². The van der Waals surface area contributed by atoms with Crippen LogP contribution in [0, 0.1) is 0 Å². The van der Waals surface area contributed by atoms with Gasteiger partial charge in [0.15, 0.2) is 0 Å². The van der Waals surface area contributed by atoms with Crippen molar-refractivity contribution in [3.05, 3.63) is 57.7 Å². The number of nitrogens with one attached hydrogen (secondary N) is 1. The molecule has 8 heteroatoms. The van der Waals surface area contributed by atoms with Crippen LogP contribution in [0.25, 0.3) is 10.6 Å². The Balaban J connectivity index is 1.50. The molecule has 4 rings (SSSR count). The monoisotopic (exact) mass is 383 g/mol. The number of nitrogens with zero attached hydrogens (tertiary/aromatic N) is 4. The molecule has 3 aromatic rings. The molecule has 140 valence electrons. The van der Waals surface area contributed by atoms with Crippen molar-refractivity contribution < 1.29 is 4.74 Å². The summed E-state index contributed by atoms with van der Waals surface area (Å²) in [5.74, 6) is 0.993. The van der Waals surface area contributed by atoms with Gasteiger partial charge in [-0.15, -0.1) is 11.3 Å². The van der Waals surface area contributed by atoms with Gasteiger partial charge in [0, 0.05) is 43.0 Å². The molecule has 7 nitrogen and oxygen atoms in total. The summed E-state index contributed by atoms with van der Waals surface area (Å²) in [5.41, 5.74) is 1.71. The number of methoxy groups -OCH3 is 1. The molecule has 0 bridgehead atoms. The number of likely N-dealkylation sites (tertiary alicyclic amines) is 1. The van der Waals surface area contributed by atoms with Gasteiger partial charge < -0.3 is 9.72 Å². The number of ether oxygens (including phenoxy) is 1. The van der Waals surface area contributed by atoms with Crippen LogP contribution in [-0.4, -0.2) is 45.0 Å². The summed E-state index contributed by atoms with van der Waals surface area (Å²) in [6.07, 6.45) is 5.68. The smallest absolute Gasteiger partial charge is 0.316 e. The number of piperidine rings is 1. The fourth-order valence-electron chi connectivity index (χ4n) is 3.43. The summed E-state index contributed by atoms with van der Waals surface area (Å²) in [6.45, 7) is 2.63.